The summed E-state index contributed by atoms with van der Waals surface area (Å²) in [6.45, 7) is 4.06. The predicted molar refractivity (Wildman–Crippen MR) is 88.3 cm³/mol. The molecular weight excluding hydrogens is 458 g/mol. The van der Waals surface area contributed by atoms with Gasteiger partial charge < -0.3 is 14.6 Å². The highest BCUT2D eigenvalue weighted by atomic mass is 79.9. The van der Waals surface area contributed by atoms with Crippen LogP contribution >= 0.6 is 47.8 Å². The van der Waals surface area contributed by atoms with Gasteiger partial charge in [-0.1, -0.05) is 15.9 Å². The summed E-state index contributed by atoms with van der Waals surface area (Å²) in [4.78, 5) is 2.18. The summed E-state index contributed by atoms with van der Waals surface area (Å²) in [6, 6.07) is 3.82. The lowest BCUT2D eigenvalue weighted by Gasteiger charge is -2.28. The van der Waals surface area contributed by atoms with Gasteiger partial charge in [-0.3, -0.25) is 4.90 Å². The van der Waals surface area contributed by atoms with Gasteiger partial charge in [-0.05, 0) is 44.0 Å². The first-order chi connectivity index (χ1) is 9.56. The highest BCUT2D eigenvalue weighted by molar-refractivity contribution is 9.11. The van der Waals surface area contributed by atoms with Gasteiger partial charge >= 0.3 is 0 Å². The molecule has 1 fully saturated rings. The summed E-state index contributed by atoms with van der Waals surface area (Å²) in [6.07, 6.45) is -0.518. The third kappa shape index (κ3) is 4.96. The summed E-state index contributed by atoms with van der Waals surface area (Å²) < 4.78 is 13.6. The maximum atomic E-state index is 10.1. The van der Waals surface area contributed by atoms with E-state index in [-0.39, 0.29) is 6.61 Å². The Balaban J connectivity index is 1.85. The summed E-state index contributed by atoms with van der Waals surface area (Å²) in [5.74, 6) is 0.703. The second-order valence-electron chi connectivity index (χ2n) is 4.58. The number of ether oxygens (including phenoxy) is 2. The molecule has 0 aromatic heterocycles. The lowest BCUT2D eigenvalue weighted by Crippen LogP contribution is -2.42. The van der Waals surface area contributed by atoms with Gasteiger partial charge in [0.15, 0.2) is 0 Å². The number of hydrogen-bond donors (Lipinski definition) is 1. The first-order valence-electron chi connectivity index (χ1n) is 6.32. The van der Waals surface area contributed by atoms with E-state index in [1.165, 1.54) is 0 Å². The van der Waals surface area contributed by atoms with E-state index in [9.17, 15) is 5.11 Å². The van der Waals surface area contributed by atoms with Crippen molar-refractivity contribution in [3.8, 4) is 5.75 Å². The van der Waals surface area contributed by atoms with Gasteiger partial charge in [-0.2, -0.15) is 0 Å². The van der Waals surface area contributed by atoms with Crippen LogP contribution in [0.25, 0.3) is 0 Å². The van der Waals surface area contributed by atoms with E-state index >= 15 is 0 Å². The van der Waals surface area contributed by atoms with E-state index in [1.807, 2.05) is 12.1 Å². The molecule has 1 atom stereocenters. The van der Waals surface area contributed by atoms with Crippen LogP contribution in [-0.2, 0) is 4.74 Å². The van der Waals surface area contributed by atoms with Gasteiger partial charge in [0.1, 0.15) is 18.5 Å². The first kappa shape index (κ1) is 16.7. The molecule has 7 heteroatoms. The highest BCUT2D eigenvalue weighted by Gasteiger charge is 2.16. The average molecular weight is 474 g/mol. The molecule has 1 aliphatic rings. The van der Waals surface area contributed by atoms with Crippen LogP contribution in [0.3, 0.4) is 0 Å². The molecule has 0 saturated carbocycles. The Labute approximate surface area is 143 Å². The Kier molecular flexibility index (Phi) is 6.77. The molecule has 1 aromatic carbocycles. The Bertz CT molecular complexity index is 429. The van der Waals surface area contributed by atoms with Gasteiger partial charge in [0, 0.05) is 24.1 Å². The Hall–Kier alpha value is 0.340. The number of nitrogens with zero attached hydrogens (tertiary/aromatic N) is 1. The zero-order chi connectivity index (χ0) is 14.5. The zero-order valence-corrected chi connectivity index (χ0v) is 15.6. The minimum absolute atomic E-state index is 0.260. The molecule has 20 heavy (non-hydrogen) atoms. The second kappa shape index (κ2) is 8.10. The first-order valence-corrected chi connectivity index (χ1v) is 8.69. The monoisotopic (exact) mass is 471 g/mol. The van der Waals surface area contributed by atoms with Crippen LogP contribution in [-0.4, -0.2) is 55.6 Å². The number of halogens is 3. The van der Waals surface area contributed by atoms with Crippen LogP contribution in [0, 0.1) is 0 Å². The maximum Gasteiger partial charge on any atom is 0.147 e. The third-order valence-corrected chi connectivity index (χ3v) is 4.59. The van der Waals surface area contributed by atoms with Crippen molar-refractivity contribution in [1.29, 1.82) is 0 Å². The molecule has 2 rings (SSSR count). The van der Waals surface area contributed by atoms with Crippen LogP contribution in [0.2, 0.25) is 0 Å². The van der Waals surface area contributed by atoms with Crippen molar-refractivity contribution in [1.82, 2.24) is 4.90 Å². The molecule has 112 valence electrons. The average Bonchev–Trinajstić information content (AvgIpc) is 2.38. The highest BCUT2D eigenvalue weighted by Crippen LogP contribution is 2.36. The number of hydrogen-bond acceptors (Lipinski definition) is 4. The van der Waals surface area contributed by atoms with Crippen LogP contribution in [0.4, 0.5) is 0 Å². The van der Waals surface area contributed by atoms with Gasteiger partial charge in [0.25, 0.3) is 0 Å². The normalized spacial score (nSPS) is 18.0. The van der Waals surface area contributed by atoms with E-state index in [4.69, 9.17) is 9.47 Å². The van der Waals surface area contributed by atoms with Crippen molar-refractivity contribution in [3.05, 3.63) is 25.6 Å². The van der Waals surface area contributed by atoms with E-state index in [1.54, 1.807) is 0 Å². The molecule has 0 unspecified atom stereocenters. The number of morpholine rings is 1. The Morgan fingerprint density at radius 2 is 1.80 bits per heavy atom. The van der Waals surface area contributed by atoms with E-state index in [0.29, 0.717) is 12.3 Å². The fraction of sp³-hybridized carbons (Fsp3) is 0.538. The molecule has 4 nitrogen and oxygen atoms in total. The zero-order valence-electron chi connectivity index (χ0n) is 10.8. The molecule has 1 saturated heterocycles. The van der Waals surface area contributed by atoms with Crippen molar-refractivity contribution >= 4 is 47.8 Å². The van der Waals surface area contributed by atoms with Crippen molar-refractivity contribution in [2.45, 2.75) is 6.10 Å². The standard InChI is InChI=1S/C13H16Br3NO3/c14-9-5-11(15)13(12(16)6-9)20-8-10(18)7-17-1-3-19-4-2-17/h5-6,10,18H,1-4,7-8H2/t10-/m1/s1. The molecule has 1 aliphatic heterocycles. The van der Waals surface area contributed by atoms with Gasteiger partial charge in [-0.25, -0.2) is 0 Å². The van der Waals surface area contributed by atoms with E-state index in [2.05, 4.69) is 52.7 Å². The fourth-order valence-corrected chi connectivity index (χ4v) is 4.47. The minimum atomic E-state index is -0.518. The fourth-order valence-electron chi connectivity index (χ4n) is 1.98. The van der Waals surface area contributed by atoms with E-state index < -0.39 is 6.10 Å². The number of aliphatic hydroxyl groups excluding tert-OH is 1. The lowest BCUT2D eigenvalue weighted by atomic mass is 10.3. The van der Waals surface area contributed by atoms with Crippen LogP contribution < -0.4 is 4.74 Å². The molecule has 1 aromatic rings. The maximum absolute atomic E-state index is 10.1. The van der Waals surface area contributed by atoms with Crippen molar-refractivity contribution in [2.75, 3.05) is 39.5 Å². The van der Waals surface area contributed by atoms with Crippen LogP contribution in [0.1, 0.15) is 0 Å². The smallest absolute Gasteiger partial charge is 0.147 e. The summed E-state index contributed by atoms with van der Waals surface area (Å²) in [5, 5.41) is 10.1. The Morgan fingerprint density at radius 3 is 2.40 bits per heavy atom. The van der Waals surface area contributed by atoms with Crippen molar-refractivity contribution in [2.24, 2.45) is 0 Å². The number of benzene rings is 1. The molecule has 0 amide bonds. The quantitative estimate of drug-likeness (QED) is 0.713. The molecule has 1 heterocycles. The predicted octanol–water partition coefficient (Wildman–Crippen LogP) is 3.05. The van der Waals surface area contributed by atoms with Gasteiger partial charge in [0.2, 0.25) is 0 Å². The molecular formula is C13H16Br3NO3. The van der Waals surface area contributed by atoms with Gasteiger partial charge in [-0.15, -0.1) is 0 Å². The second-order valence-corrected chi connectivity index (χ2v) is 7.20. The number of aliphatic hydroxyl groups is 1. The molecule has 0 aliphatic carbocycles. The van der Waals surface area contributed by atoms with Crippen LogP contribution in [0.5, 0.6) is 5.75 Å². The SMILES string of the molecule is O[C@@H](COc1c(Br)cc(Br)cc1Br)CN1CCOCC1. The number of rotatable bonds is 5. The number of β-amino-alcohol motifs (C(OH)–C–C–N with tert-alkyl or cyclic N) is 1. The lowest BCUT2D eigenvalue weighted by molar-refractivity contribution is 0.00452. The largest absolute Gasteiger partial charge is 0.488 e. The van der Waals surface area contributed by atoms with Gasteiger partial charge in [0.05, 0.1) is 22.2 Å². The summed E-state index contributed by atoms with van der Waals surface area (Å²) >= 11 is 10.3. The van der Waals surface area contributed by atoms with E-state index in [0.717, 1.165) is 39.7 Å². The van der Waals surface area contributed by atoms with Crippen molar-refractivity contribution in [3.63, 3.8) is 0 Å². The van der Waals surface area contributed by atoms with Crippen molar-refractivity contribution < 1.29 is 14.6 Å². The molecule has 0 radical (unpaired) electrons. The third-order valence-electron chi connectivity index (χ3n) is 2.96. The van der Waals surface area contributed by atoms with Crippen LogP contribution in [0.15, 0.2) is 25.6 Å². The molecule has 0 bridgehead atoms. The molecule has 0 spiro atoms. The molecule has 1 N–H and O–H groups in total. The topological polar surface area (TPSA) is 41.9 Å². The minimum Gasteiger partial charge on any atom is -0.488 e. The summed E-state index contributed by atoms with van der Waals surface area (Å²) in [5.41, 5.74) is 0. The summed E-state index contributed by atoms with van der Waals surface area (Å²) in [7, 11) is 0. The Morgan fingerprint density at radius 1 is 1.20 bits per heavy atom.